The van der Waals surface area contributed by atoms with Gasteiger partial charge in [0.25, 0.3) is 0 Å². The van der Waals surface area contributed by atoms with Crippen molar-refractivity contribution in [3.05, 3.63) is 133 Å². The Morgan fingerprint density at radius 2 is 1.47 bits per heavy atom. The first-order chi connectivity index (χ1) is 15.2. The molecule has 5 aromatic rings. The topological polar surface area (TPSA) is 0 Å². The Hall–Kier alpha value is -2.33. The fraction of sp³-hybridized carbons (Fsp3) is 0.0667. The van der Waals surface area contributed by atoms with Crippen LogP contribution < -0.4 is 10.6 Å². The van der Waals surface area contributed by atoms with Crippen LogP contribution in [0.3, 0.4) is 0 Å². The zero-order valence-corrected chi connectivity index (χ0v) is 22.2. The molecule has 0 amide bonds. The Balaban J connectivity index is 0.000000203. The molecule has 0 fully saturated rings. The van der Waals surface area contributed by atoms with Crippen molar-refractivity contribution < 1.29 is 26.2 Å². The van der Waals surface area contributed by atoms with Crippen LogP contribution in [0.5, 0.6) is 0 Å². The van der Waals surface area contributed by atoms with Crippen LogP contribution in [0.25, 0.3) is 21.5 Å². The number of benzene rings is 3. The van der Waals surface area contributed by atoms with Gasteiger partial charge in [0.15, 0.2) is 0 Å². The molecule has 0 bridgehead atoms. The third-order valence-electron chi connectivity index (χ3n) is 4.92. The summed E-state index contributed by atoms with van der Waals surface area (Å²) in [5.41, 5.74) is 1.39. The molecule has 0 aromatic heterocycles. The smallest absolute Gasteiger partial charge is 0.168 e. The van der Waals surface area contributed by atoms with E-state index in [1.807, 2.05) is 19.1 Å². The maximum absolute atomic E-state index is 3.46. The number of rotatable bonds is 3. The maximum Gasteiger partial charge on any atom is 2.00 e. The molecule has 0 heterocycles. The minimum atomic E-state index is 0. The van der Waals surface area contributed by atoms with Crippen molar-refractivity contribution in [2.24, 2.45) is 0 Å². The molecule has 0 aliphatic carbocycles. The van der Waals surface area contributed by atoms with Gasteiger partial charge in [-0.1, -0.05) is 69.8 Å². The molecular formula is C30H29PZr. The van der Waals surface area contributed by atoms with Crippen LogP contribution in [0, 0.1) is 6.92 Å². The molecule has 0 N–H and O–H groups in total. The van der Waals surface area contributed by atoms with E-state index in [1.165, 1.54) is 37.7 Å². The second-order valence-corrected chi connectivity index (χ2v) is 8.60. The summed E-state index contributed by atoms with van der Waals surface area (Å²) >= 11 is 0. The normalized spacial score (nSPS) is 10.4. The minimum absolute atomic E-state index is 0. The third-order valence-corrected chi connectivity index (χ3v) is 6.33. The second kappa shape index (κ2) is 14.0. The van der Waals surface area contributed by atoms with Crippen molar-refractivity contribution >= 4 is 40.7 Å². The number of hydrogen-bond acceptors (Lipinski definition) is 0. The van der Waals surface area contributed by atoms with Crippen LogP contribution in [0.2, 0.25) is 0 Å². The first-order valence-electron chi connectivity index (χ1n) is 10.5. The molecule has 32 heavy (non-hydrogen) atoms. The third kappa shape index (κ3) is 7.67. The summed E-state index contributed by atoms with van der Waals surface area (Å²) in [6.45, 7) is 7.61. The van der Waals surface area contributed by atoms with Crippen LogP contribution in [0.1, 0.15) is 12.5 Å². The molecule has 5 aromatic carbocycles. The van der Waals surface area contributed by atoms with Gasteiger partial charge in [0, 0.05) is 0 Å². The molecule has 2 heteroatoms. The number of allylic oxidation sites excluding steroid dienone is 3. The van der Waals surface area contributed by atoms with Crippen LogP contribution in [0.15, 0.2) is 128 Å². The van der Waals surface area contributed by atoms with Gasteiger partial charge in [0.05, 0.1) is 0 Å². The summed E-state index contributed by atoms with van der Waals surface area (Å²) in [5, 5.41) is 8.24. The second-order valence-electron chi connectivity index (χ2n) is 7.23. The van der Waals surface area contributed by atoms with E-state index >= 15 is 0 Å². The van der Waals surface area contributed by atoms with Gasteiger partial charge in [-0.3, -0.25) is 0 Å². The average molecular weight is 512 g/mol. The molecule has 0 aliphatic rings. The SMILES string of the molecule is C=CC=CC.Cc1ccccc1Pc1cc2ccccc2[cH-]1.[Zr+2].c1ccc2[cH-]ccc2c1. The number of hydrogen-bond donors (Lipinski definition) is 0. The number of aryl methyl sites for hydroxylation is 1. The van der Waals surface area contributed by atoms with Gasteiger partial charge in [-0.25, -0.2) is 0 Å². The van der Waals surface area contributed by atoms with E-state index in [9.17, 15) is 0 Å². The summed E-state index contributed by atoms with van der Waals surface area (Å²) in [6, 6.07) is 36.5. The minimum Gasteiger partial charge on any atom is -0.168 e. The number of fused-ring (bicyclic) bond motifs is 2. The van der Waals surface area contributed by atoms with E-state index in [0.29, 0.717) is 0 Å². The van der Waals surface area contributed by atoms with E-state index in [2.05, 4.69) is 117 Å². The molecule has 0 aliphatic heterocycles. The first-order valence-corrected chi connectivity index (χ1v) is 11.5. The van der Waals surface area contributed by atoms with Crippen LogP contribution in [0.4, 0.5) is 0 Å². The molecule has 0 nitrogen and oxygen atoms in total. The monoisotopic (exact) mass is 510 g/mol. The van der Waals surface area contributed by atoms with Crippen molar-refractivity contribution in [3.8, 4) is 0 Å². The average Bonchev–Trinajstić information content (AvgIpc) is 3.43. The van der Waals surface area contributed by atoms with E-state index < -0.39 is 0 Å². The molecular weight excluding hydrogens is 483 g/mol. The first kappa shape index (κ1) is 25.9. The molecule has 1 unspecified atom stereocenters. The summed E-state index contributed by atoms with van der Waals surface area (Å²) in [5.74, 6) is 0. The Morgan fingerprint density at radius 3 is 2.09 bits per heavy atom. The largest absolute Gasteiger partial charge is 2.00 e. The van der Waals surface area contributed by atoms with Gasteiger partial charge in [-0.2, -0.15) is 23.6 Å². The Kier molecular flexibility index (Phi) is 11.3. The standard InChI is InChI=1S/C16H14P.C9H7.C5H8.Zr/c1-12-6-2-5-9-16(12)17-15-10-13-7-3-4-8-14(13)11-15;1-2-5-9-7-3-6-8(9)4-1;1-3-5-4-2;/h2-11,17H,1H3;1-7H;3-5H,1H2,2H3;/q2*-1;;+2. The van der Waals surface area contributed by atoms with Crippen molar-refractivity contribution in [1.29, 1.82) is 0 Å². The molecule has 1 atom stereocenters. The van der Waals surface area contributed by atoms with Crippen LogP contribution in [-0.2, 0) is 26.2 Å². The summed E-state index contributed by atoms with van der Waals surface area (Å²) in [7, 11) is 0.759. The summed E-state index contributed by atoms with van der Waals surface area (Å²) in [4.78, 5) is 0. The fourth-order valence-electron chi connectivity index (χ4n) is 3.30. The van der Waals surface area contributed by atoms with Gasteiger partial charge < -0.3 is 0 Å². The zero-order chi connectivity index (χ0) is 21.9. The van der Waals surface area contributed by atoms with E-state index in [1.54, 1.807) is 6.08 Å². The van der Waals surface area contributed by atoms with Gasteiger partial charge in [0.2, 0.25) is 0 Å². The van der Waals surface area contributed by atoms with Gasteiger partial charge in [0.1, 0.15) is 0 Å². The molecule has 0 radical (unpaired) electrons. The van der Waals surface area contributed by atoms with Crippen LogP contribution in [-0.4, -0.2) is 0 Å². The fourth-order valence-corrected chi connectivity index (χ4v) is 4.52. The maximum atomic E-state index is 3.46. The Morgan fingerprint density at radius 1 is 0.812 bits per heavy atom. The molecule has 0 spiro atoms. The predicted molar refractivity (Wildman–Crippen MR) is 143 cm³/mol. The molecule has 0 saturated carbocycles. The van der Waals surface area contributed by atoms with Crippen molar-refractivity contribution in [1.82, 2.24) is 0 Å². The van der Waals surface area contributed by atoms with Crippen molar-refractivity contribution in [2.45, 2.75) is 13.8 Å². The van der Waals surface area contributed by atoms with Crippen molar-refractivity contribution in [2.75, 3.05) is 0 Å². The van der Waals surface area contributed by atoms with Gasteiger partial charge >= 0.3 is 26.2 Å². The van der Waals surface area contributed by atoms with E-state index in [-0.39, 0.29) is 26.2 Å². The quantitative estimate of drug-likeness (QED) is 0.132. The van der Waals surface area contributed by atoms with E-state index in [4.69, 9.17) is 0 Å². The van der Waals surface area contributed by atoms with Gasteiger partial charge in [-0.15, -0.1) is 70.0 Å². The van der Waals surface area contributed by atoms with Gasteiger partial charge in [-0.05, 0) is 24.7 Å². The zero-order valence-electron chi connectivity index (χ0n) is 18.8. The predicted octanol–water partition coefficient (Wildman–Crippen LogP) is 7.80. The molecule has 0 saturated heterocycles. The van der Waals surface area contributed by atoms with Crippen molar-refractivity contribution in [3.63, 3.8) is 0 Å². The van der Waals surface area contributed by atoms with Crippen LogP contribution >= 0.6 is 8.58 Å². The Labute approximate surface area is 213 Å². The Bertz CT molecular complexity index is 1190. The summed E-state index contributed by atoms with van der Waals surface area (Å²) < 4.78 is 0. The van der Waals surface area contributed by atoms with E-state index in [0.717, 1.165) is 8.58 Å². The molecule has 5 rings (SSSR count). The molecule has 158 valence electrons. The summed E-state index contributed by atoms with van der Waals surface area (Å²) in [6.07, 6.45) is 5.58.